The Morgan fingerprint density at radius 3 is 2.67 bits per heavy atom. The number of carbonyl (C=O) groups is 2. The molecule has 1 aromatic carbocycles. The van der Waals surface area contributed by atoms with E-state index in [1.54, 1.807) is 50.1 Å². The van der Waals surface area contributed by atoms with Gasteiger partial charge >= 0.3 is 5.97 Å². The number of thioether (sulfide) groups is 1. The fourth-order valence-corrected chi connectivity index (χ4v) is 3.35. The summed E-state index contributed by atoms with van der Waals surface area (Å²) in [6.45, 7) is 6.02. The summed E-state index contributed by atoms with van der Waals surface area (Å²) in [5, 5.41) is 12.1. The second kappa shape index (κ2) is 9.57. The SMILES string of the molecule is COc1cccc(C(C)(CC(=O)O)NC(=O)CSCCC(C)C)c1. The maximum Gasteiger partial charge on any atom is 0.306 e. The summed E-state index contributed by atoms with van der Waals surface area (Å²) in [6.07, 6.45) is 0.864. The van der Waals surface area contributed by atoms with Gasteiger partial charge in [0.05, 0.1) is 24.8 Å². The number of aliphatic carboxylic acids is 1. The van der Waals surface area contributed by atoms with E-state index < -0.39 is 11.5 Å². The highest BCUT2D eigenvalue weighted by atomic mass is 32.2. The Kier molecular flexibility index (Phi) is 8.11. The quantitative estimate of drug-likeness (QED) is 0.631. The van der Waals surface area contributed by atoms with Crippen LogP contribution in [0.4, 0.5) is 0 Å². The molecule has 0 radical (unpaired) electrons. The summed E-state index contributed by atoms with van der Waals surface area (Å²) >= 11 is 1.57. The second-order valence-electron chi connectivity index (χ2n) is 6.42. The lowest BCUT2D eigenvalue weighted by Crippen LogP contribution is -2.45. The molecule has 6 heteroatoms. The van der Waals surface area contributed by atoms with Crippen LogP contribution in [0.2, 0.25) is 0 Å². The van der Waals surface area contributed by atoms with Gasteiger partial charge in [0.1, 0.15) is 5.75 Å². The Morgan fingerprint density at radius 1 is 1.38 bits per heavy atom. The average molecular weight is 353 g/mol. The van der Waals surface area contributed by atoms with Crippen LogP contribution in [0.1, 0.15) is 39.2 Å². The third-order valence-corrected chi connectivity index (χ3v) is 4.69. The summed E-state index contributed by atoms with van der Waals surface area (Å²) in [4.78, 5) is 23.5. The van der Waals surface area contributed by atoms with Crippen molar-refractivity contribution in [1.82, 2.24) is 5.32 Å². The van der Waals surface area contributed by atoms with Crippen molar-refractivity contribution in [3.8, 4) is 5.75 Å². The van der Waals surface area contributed by atoms with Crippen LogP contribution in [0, 0.1) is 5.92 Å². The standard InChI is InChI=1S/C18H27NO4S/c1-13(2)8-9-24-12-16(20)19-18(3,11-17(21)22)14-6-5-7-15(10-14)23-4/h5-7,10,13H,8-9,11-12H2,1-4H3,(H,19,20)(H,21,22). The molecule has 1 atom stereocenters. The molecule has 0 aliphatic heterocycles. The molecular formula is C18H27NO4S. The predicted molar refractivity (Wildman–Crippen MR) is 97.5 cm³/mol. The van der Waals surface area contributed by atoms with Gasteiger partial charge in [0.25, 0.3) is 0 Å². The molecule has 0 aromatic heterocycles. The van der Waals surface area contributed by atoms with Crippen LogP contribution in [-0.2, 0) is 15.1 Å². The molecule has 0 heterocycles. The molecule has 0 fully saturated rings. The van der Waals surface area contributed by atoms with Crippen molar-refractivity contribution in [3.63, 3.8) is 0 Å². The highest BCUT2D eigenvalue weighted by Crippen LogP contribution is 2.28. The highest BCUT2D eigenvalue weighted by molar-refractivity contribution is 7.99. The molecule has 1 unspecified atom stereocenters. The van der Waals surface area contributed by atoms with E-state index in [4.69, 9.17) is 4.74 Å². The third kappa shape index (κ3) is 6.83. The topological polar surface area (TPSA) is 75.6 Å². The minimum absolute atomic E-state index is 0.157. The number of methoxy groups -OCH3 is 1. The molecule has 0 spiro atoms. The molecule has 0 aliphatic carbocycles. The third-order valence-electron chi connectivity index (χ3n) is 3.70. The number of rotatable bonds is 10. The van der Waals surface area contributed by atoms with E-state index in [2.05, 4.69) is 19.2 Å². The summed E-state index contributed by atoms with van der Waals surface area (Å²) in [5.74, 6) is 1.36. The minimum Gasteiger partial charge on any atom is -0.497 e. The Balaban J connectivity index is 2.80. The van der Waals surface area contributed by atoms with Gasteiger partial charge in [-0.05, 0) is 42.7 Å². The van der Waals surface area contributed by atoms with Crippen LogP contribution in [0.3, 0.4) is 0 Å². The van der Waals surface area contributed by atoms with Gasteiger partial charge in [0.2, 0.25) is 5.91 Å². The number of carboxylic acids is 1. The lowest BCUT2D eigenvalue weighted by molar-refractivity contribution is -0.139. The van der Waals surface area contributed by atoms with Crippen LogP contribution in [-0.4, -0.2) is 35.6 Å². The van der Waals surface area contributed by atoms with E-state index in [0.717, 1.165) is 12.2 Å². The Morgan fingerprint density at radius 2 is 2.08 bits per heavy atom. The fraction of sp³-hybridized carbons (Fsp3) is 0.556. The van der Waals surface area contributed by atoms with E-state index in [-0.39, 0.29) is 12.3 Å². The number of carbonyl (C=O) groups excluding carboxylic acids is 1. The van der Waals surface area contributed by atoms with E-state index in [9.17, 15) is 14.7 Å². The first-order valence-corrected chi connectivity index (χ1v) is 9.17. The summed E-state index contributed by atoms with van der Waals surface area (Å²) in [7, 11) is 1.55. The number of benzene rings is 1. The van der Waals surface area contributed by atoms with Gasteiger partial charge in [0.15, 0.2) is 0 Å². The first kappa shape index (κ1) is 20.4. The maximum absolute atomic E-state index is 12.3. The number of amides is 1. The van der Waals surface area contributed by atoms with Gasteiger partial charge in [-0.1, -0.05) is 26.0 Å². The fourth-order valence-electron chi connectivity index (χ4n) is 2.31. The van der Waals surface area contributed by atoms with Crippen LogP contribution in [0.25, 0.3) is 0 Å². The molecule has 134 valence electrons. The predicted octanol–water partition coefficient (Wildman–Crippen LogP) is 3.28. The molecule has 24 heavy (non-hydrogen) atoms. The Hall–Kier alpha value is -1.69. The van der Waals surface area contributed by atoms with E-state index in [1.807, 2.05) is 0 Å². The molecular weight excluding hydrogens is 326 g/mol. The van der Waals surface area contributed by atoms with Gasteiger partial charge in [-0.2, -0.15) is 11.8 Å². The summed E-state index contributed by atoms with van der Waals surface area (Å²) in [5.41, 5.74) is -0.263. The number of hydrogen-bond acceptors (Lipinski definition) is 4. The highest BCUT2D eigenvalue weighted by Gasteiger charge is 2.31. The first-order chi connectivity index (χ1) is 11.3. The molecule has 5 nitrogen and oxygen atoms in total. The molecule has 0 saturated heterocycles. The van der Waals surface area contributed by atoms with Gasteiger partial charge in [0, 0.05) is 0 Å². The normalized spacial score (nSPS) is 13.4. The van der Waals surface area contributed by atoms with Crippen LogP contribution >= 0.6 is 11.8 Å². The monoisotopic (exact) mass is 353 g/mol. The van der Waals surface area contributed by atoms with Crippen molar-refractivity contribution < 1.29 is 19.4 Å². The lowest BCUT2D eigenvalue weighted by Gasteiger charge is -2.30. The molecule has 1 rings (SSSR count). The summed E-state index contributed by atoms with van der Waals surface area (Å²) < 4.78 is 5.20. The van der Waals surface area contributed by atoms with Gasteiger partial charge in [-0.25, -0.2) is 0 Å². The van der Waals surface area contributed by atoms with Gasteiger partial charge < -0.3 is 15.2 Å². The van der Waals surface area contributed by atoms with Crippen molar-refractivity contribution >= 4 is 23.6 Å². The Bertz CT molecular complexity index is 562. The smallest absolute Gasteiger partial charge is 0.306 e. The zero-order valence-electron chi connectivity index (χ0n) is 14.8. The van der Waals surface area contributed by atoms with Crippen LogP contribution < -0.4 is 10.1 Å². The van der Waals surface area contributed by atoms with Crippen molar-refractivity contribution in [1.29, 1.82) is 0 Å². The molecule has 0 saturated carbocycles. The second-order valence-corrected chi connectivity index (χ2v) is 7.52. The van der Waals surface area contributed by atoms with Crippen LogP contribution in [0.5, 0.6) is 5.75 Å². The molecule has 2 N–H and O–H groups in total. The van der Waals surface area contributed by atoms with E-state index in [0.29, 0.717) is 23.0 Å². The molecule has 1 amide bonds. The Labute approximate surface area is 148 Å². The lowest BCUT2D eigenvalue weighted by atomic mass is 9.88. The van der Waals surface area contributed by atoms with Gasteiger partial charge in [-0.3, -0.25) is 9.59 Å². The first-order valence-electron chi connectivity index (χ1n) is 8.02. The minimum atomic E-state index is -0.976. The van der Waals surface area contributed by atoms with Crippen molar-refractivity contribution in [2.24, 2.45) is 5.92 Å². The van der Waals surface area contributed by atoms with Crippen molar-refractivity contribution in [2.45, 2.75) is 39.2 Å². The molecule has 0 bridgehead atoms. The number of carboxylic acid groups (broad SMARTS) is 1. The molecule has 0 aliphatic rings. The number of ether oxygens (including phenoxy) is 1. The zero-order valence-corrected chi connectivity index (χ0v) is 15.6. The molecule has 1 aromatic rings. The number of nitrogens with one attached hydrogen (secondary N) is 1. The average Bonchev–Trinajstić information content (AvgIpc) is 2.50. The zero-order chi connectivity index (χ0) is 18.2. The van der Waals surface area contributed by atoms with Crippen LogP contribution in [0.15, 0.2) is 24.3 Å². The largest absolute Gasteiger partial charge is 0.497 e. The van der Waals surface area contributed by atoms with Crippen molar-refractivity contribution in [3.05, 3.63) is 29.8 Å². The maximum atomic E-state index is 12.3. The van der Waals surface area contributed by atoms with Crippen molar-refractivity contribution in [2.75, 3.05) is 18.6 Å². The van der Waals surface area contributed by atoms with E-state index >= 15 is 0 Å². The number of hydrogen-bond donors (Lipinski definition) is 2. The van der Waals surface area contributed by atoms with E-state index in [1.165, 1.54) is 0 Å². The van der Waals surface area contributed by atoms with Gasteiger partial charge in [-0.15, -0.1) is 0 Å². The summed E-state index contributed by atoms with van der Waals surface area (Å²) in [6, 6.07) is 7.14.